The smallest absolute Gasteiger partial charge is 0.227 e. The fourth-order valence-electron chi connectivity index (χ4n) is 4.25. The van der Waals surface area contributed by atoms with Gasteiger partial charge in [-0.15, -0.1) is 0 Å². The van der Waals surface area contributed by atoms with Crippen molar-refractivity contribution in [1.82, 2.24) is 14.5 Å². The summed E-state index contributed by atoms with van der Waals surface area (Å²) in [5.74, 6) is 0.947. The summed E-state index contributed by atoms with van der Waals surface area (Å²) in [6.45, 7) is 3.63. The highest BCUT2D eigenvalue weighted by Gasteiger charge is 2.31. The van der Waals surface area contributed by atoms with Crippen LogP contribution in [-0.2, 0) is 24.1 Å². The van der Waals surface area contributed by atoms with Crippen molar-refractivity contribution in [2.75, 3.05) is 13.1 Å². The first-order valence-electron chi connectivity index (χ1n) is 9.20. The number of likely N-dealkylation sites (tertiary alicyclic amines) is 1. The van der Waals surface area contributed by atoms with Crippen molar-refractivity contribution in [2.45, 2.75) is 51.5 Å². The second-order valence-electron chi connectivity index (χ2n) is 7.22. The van der Waals surface area contributed by atoms with Gasteiger partial charge in [0.05, 0.1) is 18.2 Å². The van der Waals surface area contributed by atoms with Gasteiger partial charge in [-0.2, -0.15) is 0 Å². The summed E-state index contributed by atoms with van der Waals surface area (Å²) in [4.78, 5) is 19.3. The molecular weight excluding hydrogens is 317 g/mol. The van der Waals surface area contributed by atoms with E-state index in [1.807, 2.05) is 4.90 Å². The number of rotatable bonds is 3. The predicted octanol–water partition coefficient (Wildman–Crippen LogP) is 3.23. The molecule has 0 N–H and O–H groups in total. The molecule has 2 aliphatic rings. The number of amides is 1. The molecule has 1 atom stereocenters. The number of halogens is 1. The van der Waals surface area contributed by atoms with Crippen LogP contribution in [0.4, 0.5) is 4.39 Å². The largest absolute Gasteiger partial charge is 0.340 e. The van der Waals surface area contributed by atoms with E-state index in [4.69, 9.17) is 4.98 Å². The number of fused-ring (bicyclic) bond motifs is 1. The summed E-state index contributed by atoms with van der Waals surface area (Å²) in [5, 5.41) is 0. The third-order valence-electron chi connectivity index (χ3n) is 5.50. The van der Waals surface area contributed by atoms with Crippen LogP contribution in [0.5, 0.6) is 0 Å². The van der Waals surface area contributed by atoms with Crippen LogP contribution in [0.2, 0.25) is 0 Å². The predicted molar refractivity (Wildman–Crippen MR) is 93.9 cm³/mol. The average Bonchev–Trinajstić information content (AvgIpc) is 3.20. The fourth-order valence-corrected chi connectivity index (χ4v) is 4.25. The maximum atomic E-state index is 13.0. The van der Waals surface area contributed by atoms with Crippen LogP contribution in [0.15, 0.2) is 24.3 Å². The van der Waals surface area contributed by atoms with Crippen molar-refractivity contribution in [3.8, 4) is 0 Å². The van der Waals surface area contributed by atoms with Crippen LogP contribution in [0, 0.1) is 12.7 Å². The standard InChI is InChI=1S/C20H24FN3O/c1-14-22-18-4-2-3-5-19(18)24(14)17-10-11-23(13-17)20(25)12-15-6-8-16(21)9-7-15/h6-9,17H,2-5,10-13H2,1H3/t17-/m0/s1. The summed E-state index contributed by atoms with van der Waals surface area (Å²) in [6, 6.07) is 6.55. The topological polar surface area (TPSA) is 38.1 Å². The lowest BCUT2D eigenvalue weighted by Gasteiger charge is -2.21. The zero-order valence-electron chi connectivity index (χ0n) is 14.7. The molecule has 0 radical (unpaired) electrons. The van der Waals surface area contributed by atoms with Crippen LogP contribution in [0.3, 0.4) is 0 Å². The Balaban J connectivity index is 1.45. The molecule has 0 unspecified atom stereocenters. The van der Waals surface area contributed by atoms with Gasteiger partial charge in [0.2, 0.25) is 5.91 Å². The first-order valence-corrected chi connectivity index (χ1v) is 9.20. The van der Waals surface area contributed by atoms with Gasteiger partial charge in [-0.1, -0.05) is 12.1 Å². The lowest BCUT2D eigenvalue weighted by Crippen LogP contribution is -2.30. The Morgan fingerprint density at radius 1 is 1.24 bits per heavy atom. The Labute approximate surface area is 147 Å². The van der Waals surface area contributed by atoms with Crippen LogP contribution < -0.4 is 0 Å². The number of aryl methyl sites for hydroxylation is 2. The second-order valence-corrected chi connectivity index (χ2v) is 7.22. The molecule has 1 saturated heterocycles. The summed E-state index contributed by atoms with van der Waals surface area (Å²) in [6.07, 6.45) is 5.99. The lowest BCUT2D eigenvalue weighted by atomic mass is 10.0. The Hall–Kier alpha value is -2.17. The minimum absolute atomic E-state index is 0.126. The average molecular weight is 341 g/mol. The van der Waals surface area contributed by atoms with Gasteiger partial charge in [0.25, 0.3) is 0 Å². The number of hydrogen-bond acceptors (Lipinski definition) is 2. The van der Waals surface area contributed by atoms with Crippen LogP contribution in [0.1, 0.15) is 48.1 Å². The molecule has 4 rings (SSSR count). The molecule has 0 spiro atoms. The summed E-state index contributed by atoms with van der Waals surface area (Å²) in [5.41, 5.74) is 3.52. The third kappa shape index (κ3) is 3.20. The van der Waals surface area contributed by atoms with E-state index in [1.54, 1.807) is 12.1 Å². The zero-order chi connectivity index (χ0) is 17.4. The van der Waals surface area contributed by atoms with Crippen molar-refractivity contribution in [3.05, 3.63) is 52.9 Å². The Morgan fingerprint density at radius 2 is 2.00 bits per heavy atom. The van der Waals surface area contributed by atoms with Crippen LogP contribution >= 0.6 is 0 Å². The van der Waals surface area contributed by atoms with Gasteiger partial charge < -0.3 is 9.47 Å². The first-order chi connectivity index (χ1) is 12.1. The molecule has 0 bridgehead atoms. The molecule has 1 aromatic heterocycles. The maximum absolute atomic E-state index is 13.0. The molecule has 5 heteroatoms. The van der Waals surface area contributed by atoms with E-state index >= 15 is 0 Å². The number of imidazole rings is 1. The quantitative estimate of drug-likeness (QED) is 0.860. The SMILES string of the molecule is Cc1nc2c(n1[C@H]1CCN(C(=O)Cc3ccc(F)cc3)C1)CCCC2. The van der Waals surface area contributed by atoms with Crippen LogP contribution in [0.25, 0.3) is 0 Å². The lowest BCUT2D eigenvalue weighted by molar-refractivity contribution is -0.129. The van der Waals surface area contributed by atoms with Crippen molar-refractivity contribution < 1.29 is 9.18 Å². The van der Waals surface area contributed by atoms with Crippen LogP contribution in [-0.4, -0.2) is 33.4 Å². The molecule has 4 nitrogen and oxygen atoms in total. The molecule has 1 aliphatic carbocycles. The number of aromatic nitrogens is 2. The number of hydrogen-bond donors (Lipinski definition) is 0. The summed E-state index contributed by atoms with van der Waals surface area (Å²) < 4.78 is 15.4. The molecular formula is C20H24FN3O. The second kappa shape index (κ2) is 6.62. The van der Waals surface area contributed by atoms with Gasteiger partial charge in [0.15, 0.2) is 0 Å². The van der Waals surface area contributed by atoms with E-state index in [-0.39, 0.29) is 11.7 Å². The van der Waals surface area contributed by atoms with Gasteiger partial charge in [-0.3, -0.25) is 4.79 Å². The highest BCUT2D eigenvalue weighted by atomic mass is 19.1. The Bertz CT molecular complexity index is 781. The molecule has 1 amide bonds. The monoisotopic (exact) mass is 341 g/mol. The minimum atomic E-state index is -0.266. The van der Waals surface area contributed by atoms with E-state index in [1.165, 1.54) is 36.4 Å². The number of nitrogens with zero attached hydrogens (tertiary/aromatic N) is 3. The van der Waals surface area contributed by atoms with Gasteiger partial charge in [-0.25, -0.2) is 9.37 Å². The summed E-state index contributed by atoms with van der Waals surface area (Å²) >= 11 is 0. The van der Waals surface area contributed by atoms with E-state index in [0.29, 0.717) is 12.5 Å². The molecule has 2 heterocycles. The van der Waals surface area contributed by atoms with E-state index in [0.717, 1.165) is 43.7 Å². The molecule has 25 heavy (non-hydrogen) atoms. The fraction of sp³-hybridized carbons (Fsp3) is 0.500. The molecule has 2 aromatic rings. The van der Waals surface area contributed by atoms with Gasteiger partial charge >= 0.3 is 0 Å². The minimum Gasteiger partial charge on any atom is -0.340 e. The van der Waals surface area contributed by atoms with E-state index < -0.39 is 0 Å². The maximum Gasteiger partial charge on any atom is 0.227 e. The molecule has 1 aliphatic heterocycles. The first kappa shape index (κ1) is 16.3. The molecule has 132 valence electrons. The molecule has 1 fully saturated rings. The Kier molecular flexibility index (Phi) is 4.32. The van der Waals surface area contributed by atoms with Gasteiger partial charge in [0.1, 0.15) is 11.6 Å². The molecule has 1 aromatic carbocycles. The zero-order valence-corrected chi connectivity index (χ0v) is 14.7. The Morgan fingerprint density at radius 3 is 2.80 bits per heavy atom. The van der Waals surface area contributed by atoms with Crippen molar-refractivity contribution in [1.29, 1.82) is 0 Å². The van der Waals surface area contributed by atoms with E-state index in [9.17, 15) is 9.18 Å². The summed E-state index contributed by atoms with van der Waals surface area (Å²) in [7, 11) is 0. The number of benzene rings is 1. The number of carbonyl (C=O) groups is 1. The van der Waals surface area contributed by atoms with Gasteiger partial charge in [-0.05, 0) is 56.7 Å². The normalized spacial score (nSPS) is 19.9. The van der Waals surface area contributed by atoms with E-state index in [2.05, 4.69) is 11.5 Å². The highest BCUT2D eigenvalue weighted by Crippen LogP contribution is 2.30. The van der Waals surface area contributed by atoms with Gasteiger partial charge in [0, 0.05) is 18.8 Å². The van der Waals surface area contributed by atoms with Crippen molar-refractivity contribution in [3.63, 3.8) is 0 Å². The third-order valence-corrected chi connectivity index (χ3v) is 5.50. The molecule has 0 saturated carbocycles. The van der Waals surface area contributed by atoms with Crippen molar-refractivity contribution in [2.24, 2.45) is 0 Å². The highest BCUT2D eigenvalue weighted by molar-refractivity contribution is 5.79. The number of carbonyl (C=O) groups excluding carboxylic acids is 1. The van der Waals surface area contributed by atoms with Crippen molar-refractivity contribution >= 4 is 5.91 Å².